The van der Waals surface area contributed by atoms with E-state index in [1.807, 2.05) is 60.7 Å². The second-order valence-corrected chi connectivity index (χ2v) is 7.39. The molecule has 25 heavy (non-hydrogen) atoms. The van der Waals surface area contributed by atoms with Gasteiger partial charge >= 0.3 is 0 Å². The third-order valence-corrected chi connectivity index (χ3v) is 5.55. The van der Waals surface area contributed by atoms with E-state index in [4.69, 9.17) is 16.3 Å². The van der Waals surface area contributed by atoms with Crippen LogP contribution in [-0.4, -0.2) is 5.11 Å². The van der Waals surface area contributed by atoms with E-state index in [-0.39, 0.29) is 32.5 Å². The molecule has 0 amide bonds. The van der Waals surface area contributed by atoms with E-state index in [0.717, 1.165) is 22.2 Å². The second-order valence-electron chi connectivity index (χ2n) is 5.14. The topological polar surface area (TPSA) is 29.5 Å². The van der Waals surface area contributed by atoms with Gasteiger partial charge in [-0.2, -0.15) is 0 Å². The van der Waals surface area contributed by atoms with Crippen molar-refractivity contribution in [3.8, 4) is 11.5 Å². The van der Waals surface area contributed by atoms with Crippen molar-refractivity contribution < 1.29 is 14.2 Å². The van der Waals surface area contributed by atoms with Gasteiger partial charge in [0.1, 0.15) is 11.6 Å². The number of hydrogen-bond acceptors (Lipinski definition) is 3. The summed E-state index contributed by atoms with van der Waals surface area (Å²) in [5.41, 5.74) is 0.910. The van der Waals surface area contributed by atoms with Crippen LogP contribution in [0, 0.1) is 5.82 Å². The van der Waals surface area contributed by atoms with Crippen molar-refractivity contribution in [3.63, 3.8) is 0 Å². The van der Waals surface area contributed by atoms with E-state index in [2.05, 4.69) is 15.9 Å². The lowest BCUT2D eigenvalue weighted by atomic mass is 10.2. The first-order valence-electron chi connectivity index (χ1n) is 7.37. The van der Waals surface area contributed by atoms with E-state index in [1.54, 1.807) is 0 Å². The summed E-state index contributed by atoms with van der Waals surface area (Å²) in [6.07, 6.45) is 0. The van der Waals surface area contributed by atoms with Crippen molar-refractivity contribution in [2.24, 2.45) is 0 Å². The first kappa shape index (κ1) is 18.1. The average molecular weight is 440 g/mol. The standard InChI is InChI=1S/C19H13BrClFO2S/c20-14-16(22)19(25-13-9-5-2-6-10-13)17(23)15(21)18(14)24-11-12-7-3-1-4-8-12/h1-10,23H,11H2. The highest BCUT2D eigenvalue weighted by atomic mass is 79.9. The van der Waals surface area contributed by atoms with E-state index < -0.39 is 5.82 Å². The molecule has 0 bridgehead atoms. The third-order valence-electron chi connectivity index (χ3n) is 3.40. The SMILES string of the molecule is Oc1c(Cl)c(OCc2ccccc2)c(Br)c(F)c1Sc1ccccc1. The number of phenolic OH excluding ortho intramolecular Hbond substituents is 1. The van der Waals surface area contributed by atoms with Gasteiger partial charge < -0.3 is 9.84 Å². The quantitative estimate of drug-likeness (QED) is 0.450. The molecular weight excluding hydrogens is 427 g/mol. The van der Waals surface area contributed by atoms with Crippen LogP contribution in [0.15, 0.2) is 74.9 Å². The van der Waals surface area contributed by atoms with Gasteiger partial charge in [0.2, 0.25) is 0 Å². The molecule has 0 aliphatic heterocycles. The highest BCUT2D eigenvalue weighted by Crippen LogP contribution is 2.49. The number of halogens is 3. The summed E-state index contributed by atoms with van der Waals surface area (Å²) in [6, 6.07) is 18.6. The number of hydrogen-bond donors (Lipinski definition) is 1. The zero-order valence-corrected chi connectivity index (χ0v) is 16.0. The zero-order chi connectivity index (χ0) is 17.8. The predicted molar refractivity (Wildman–Crippen MR) is 102 cm³/mol. The van der Waals surface area contributed by atoms with Crippen molar-refractivity contribution in [3.05, 3.63) is 81.5 Å². The fraction of sp³-hybridized carbons (Fsp3) is 0.0526. The Morgan fingerprint density at radius 2 is 1.64 bits per heavy atom. The minimum atomic E-state index is -0.612. The van der Waals surface area contributed by atoms with Crippen molar-refractivity contribution in [2.75, 3.05) is 0 Å². The summed E-state index contributed by atoms with van der Waals surface area (Å²) in [5.74, 6) is -0.865. The molecule has 0 atom stereocenters. The molecule has 0 aliphatic rings. The molecule has 3 aromatic carbocycles. The van der Waals surface area contributed by atoms with Crippen LogP contribution in [0.25, 0.3) is 0 Å². The molecule has 128 valence electrons. The Hall–Kier alpha value is -1.69. The van der Waals surface area contributed by atoms with Gasteiger partial charge in [-0.25, -0.2) is 4.39 Å². The van der Waals surface area contributed by atoms with Gasteiger partial charge in [0.05, 0.1) is 9.37 Å². The van der Waals surface area contributed by atoms with Crippen LogP contribution in [0.2, 0.25) is 5.02 Å². The normalized spacial score (nSPS) is 10.7. The van der Waals surface area contributed by atoms with Crippen LogP contribution in [0.3, 0.4) is 0 Å². The fourth-order valence-electron chi connectivity index (χ4n) is 2.16. The minimum Gasteiger partial charge on any atom is -0.505 e. The predicted octanol–water partition coefficient (Wildman–Crippen LogP) is 6.68. The number of ether oxygens (including phenoxy) is 1. The van der Waals surface area contributed by atoms with Crippen LogP contribution in [-0.2, 0) is 6.61 Å². The number of benzene rings is 3. The molecule has 0 fully saturated rings. The molecule has 0 saturated carbocycles. The molecule has 2 nitrogen and oxygen atoms in total. The summed E-state index contributed by atoms with van der Waals surface area (Å²) >= 11 is 10.5. The monoisotopic (exact) mass is 438 g/mol. The molecule has 3 rings (SSSR count). The third kappa shape index (κ3) is 4.11. The summed E-state index contributed by atoms with van der Waals surface area (Å²) in [7, 11) is 0. The largest absolute Gasteiger partial charge is 0.505 e. The fourth-order valence-corrected chi connectivity index (χ4v) is 4.14. The minimum absolute atomic E-state index is 0.0253. The molecule has 6 heteroatoms. The molecule has 0 aliphatic carbocycles. The van der Waals surface area contributed by atoms with Gasteiger partial charge in [-0.1, -0.05) is 71.9 Å². The number of phenols is 1. The highest BCUT2D eigenvalue weighted by molar-refractivity contribution is 9.10. The smallest absolute Gasteiger partial charge is 0.159 e. The summed E-state index contributed by atoms with van der Waals surface area (Å²) in [6.45, 7) is 0.212. The number of rotatable bonds is 5. The van der Waals surface area contributed by atoms with Gasteiger partial charge in [-0.05, 0) is 33.6 Å². The van der Waals surface area contributed by atoms with Crippen LogP contribution in [0.4, 0.5) is 4.39 Å². The first-order valence-corrected chi connectivity index (χ1v) is 9.35. The van der Waals surface area contributed by atoms with Crippen molar-refractivity contribution in [1.29, 1.82) is 0 Å². The first-order chi connectivity index (χ1) is 12.1. The Morgan fingerprint density at radius 3 is 2.28 bits per heavy atom. The van der Waals surface area contributed by atoms with Crippen LogP contribution < -0.4 is 4.74 Å². The second kappa shape index (κ2) is 8.13. The zero-order valence-electron chi connectivity index (χ0n) is 12.9. The van der Waals surface area contributed by atoms with Gasteiger partial charge in [0, 0.05) is 4.90 Å². The Balaban J connectivity index is 1.91. The van der Waals surface area contributed by atoms with Crippen molar-refractivity contribution in [1.82, 2.24) is 0 Å². The molecule has 3 aromatic rings. The Labute approximate surface area is 162 Å². The lowest BCUT2D eigenvalue weighted by Crippen LogP contribution is -1.99. The summed E-state index contributed by atoms with van der Waals surface area (Å²) in [4.78, 5) is 0.841. The van der Waals surface area contributed by atoms with Gasteiger partial charge in [-0.15, -0.1) is 0 Å². The molecule has 0 saturated heterocycles. The summed E-state index contributed by atoms with van der Waals surface area (Å²) in [5, 5.41) is 10.3. The summed E-state index contributed by atoms with van der Waals surface area (Å²) < 4.78 is 20.5. The Bertz CT molecular complexity index is 847. The average Bonchev–Trinajstić information content (AvgIpc) is 2.65. The maximum atomic E-state index is 14.7. The van der Waals surface area contributed by atoms with Crippen molar-refractivity contribution in [2.45, 2.75) is 16.4 Å². The van der Waals surface area contributed by atoms with E-state index in [1.165, 1.54) is 0 Å². The maximum Gasteiger partial charge on any atom is 0.159 e. The van der Waals surface area contributed by atoms with E-state index in [0.29, 0.717) is 0 Å². The van der Waals surface area contributed by atoms with Crippen molar-refractivity contribution >= 4 is 39.3 Å². The Kier molecular flexibility index (Phi) is 5.89. The highest BCUT2D eigenvalue weighted by Gasteiger charge is 2.24. The molecule has 0 aromatic heterocycles. The van der Waals surface area contributed by atoms with E-state index in [9.17, 15) is 9.50 Å². The molecule has 0 unspecified atom stereocenters. The molecule has 0 radical (unpaired) electrons. The molecule has 1 N–H and O–H groups in total. The lowest BCUT2D eigenvalue weighted by Gasteiger charge is -2.15. The van der Waals surface area contributed by atoms with Crippen LogP contribution in [0.5, 0.6) is 11.5 Å². The maximum absolute atomic E-state index is 14.7. The van der Waals surface area contributed by atoms with Gasteiger partial charge in [0.15, 0.2) is 17.3 Å². The Morgan fingerprint density at radius 1 is 1.04 bits per heavy atom. The van der Waals surface area contributed by atoms with Crippen LogP contribution >= 0.6 is 39.3 Å². The van der Waals surface area contributed by atoms with E-state index >= 15 is 0 Å². The molecule has 0 heterocycles. The number of aromatic hydroxyl groups is 1. The molecule has 0 spiro atoms. The van der Waals surface area contributed by atoms with Gasteiger partial charge in [-0.3, -0.25) is 0 Å². The van der Waals surface area contributed by atoms with Crippen LogP contribution in [0.1, 0.15) is 5.56 Å². The van der Waals surface area contributed by atoms with Gasteiger partial charge in [0.25, 0.3) is 0 Å². The molecular formula is C19H13BrClFO2S. The lowest BCUT2D eigenvalue weighted by molar-refractivity contribution is 0.299.